The van der Waals surface area contributed by atoms with E-state index in [2.05, 4.69) is 5.32 Å². The van der Waals surface area contributed by atoms with Gasteiger partial charge in [0.05, 0.1) is 5.56 Å². The van der Waals surface area contributed by atoms with Gasteiger partial charge in [-0.05, 0) is 36.4 Å². The molecular weight excluding hydrogens is 311 g/mol. The molecule has 2 aromatic carbocycles. The molecule has 122 valence electrons. The first-order chi connectivity index (χ1) is 11.0. The largest absolute Gasteiger partial charge is 0.484 e. The van der Waals surface area contributed by atoms with Crippen LogP contribution < -0.4 is 10.1 Å². The van der Waals surface area contributed by atoms with Crippen LogP contribution in [0.3, 0.4) is 0 Å². The van der Waals surface area contributed by atoms with Crippen LogP contribution in [-0.2, 0) is 4.79 Å². The first-order valence-corrected chi connectivity index (χ1v) is 6.74. The normalized spacial score (nSPS) is 11.8. The van der Waals surface area contributed by atoms with Crippen molar-refractivity contribution in [3.05, 3.63) is 65.5 Å². The minimum Gasteiger partial charge on any atom is -0.484 e. The number of hydrogen-bond acceptors (Lipinski definition) is 3. The van der Waals surface area contributed by atoms with Gasteiger partial charge >= 0.3 is 0 Å². The molecule has 0 spiro atoms. The Labute approximate surface area is 130 Å². The van der Waals surface area contributed by atoms with E-state index in [-0.39, 0.29) is 13.2 Å². The maximum atomic E-state index is 13.5. The van der Waals surface area contributed by atoms with Gasteiger partial charge in [-0.2, -0.15) is 0 Å². The lowest BCUT2D eigenvalue weighted by Gasteiger charge is -2.14. The van der Waals surface area contributed by atoms with Crippen molar-refractivity contribution in [1.29, 1.82) is 0 Å². The van der Waals surface area contributed by atoms with Crippen LogP contribution >= 0.6 is 0 Å². The van der Waals surface area contributed by atoms with E-state index in [0.717, 1.165) is 12.1 Å². The highest BCUT2D eigenvalue weighted by molar-refractivity contribution is 5.77. The number of hydrogen-bond donors (Lipinski definition) is 2. The lowest BCUT2D eigenvalue weighted by molar-refractivity contribution is -0.123. The molecule has 0 saturated carbocycles. The quantitative estimate of drug-likeness (QED) is 0.857. The lowest BCUT2D eigenvalue weighted by Crippen LogP contribution is -2.33. The second kappa shape index (κ2) is 7.64. The van der Waals surface area contributed by atoms with Gasteiger partial charge in [-0.1, -0.05) is 6.07 Å². The van der Waals surface area contributed by atoms with Crippen LogP contribution in [0.2, 0.25) is 0 Å². The molecule has 0 radical (unpaired) electrons. The molecule has 0 bridgehead atoms. The second-order valence-electron chi connectivity index (χ2n) is 4.70. The van der Waals surface area contributed by atoms with Crippen molar-refractivity contribution in [3.63, 3.8) is 0 Å². The van der Waals surface area contributed by atoms with Gasteiger partial charge in [-0.3, -0.25) is 4.79 Å². The van der Waals surface area contributed by atoms with E-state index >= 15 is 0 Å². The highest BCUT2D eigenvalue weighted by Gasteiger charge is 2.18. The average molecular weight is 325 g/mol. The highest BCUT2D eigenvalue weighted by atomic mass is 19.1. The third-order valence-corrected chi connectivity index (χ3v) is 3.01. The minimum atomic E-state index is -1.52. The van der Waals surface area contributed by atoms with Crippen molar-refractivity contribution >= 4 is 5.91 Å². The van der Waals surface area contributed by atoms with Crippen LogP contribution in [-0.4, -0.2) is 24.2 Å². The fraction of sp³-hybridized carbons (Fsp3) is 0.188. The van der Waals surface area contributed by atoms with Crippen molar-refractivity contribution in [1.82, 2.24) is 5.32 Å². The number of aliphatic hydroxyl groups excluding tert-OH is 1. The van der Waals surface area contributed by atoms with E-state index < -0.39 is 35.0 Å². The van der Waals surface area contributed by atoms with Gasteiger partial charge in [0, 0.05) is 6.54 Å². The van der Waals surface area contributed by atoms with E-state index in [1.54, 1.807) is 0 Å². The van der Waals surface area contributed by atoms with Crippen LogP contribution in [0.15, 0.2) is 42.5 Å². The Kier molecular flexibility index (Phi) is 5.59. The maximum absolute atomic E-state index is 13.5. The highest BCUT2D eigenvalue weighted by Crippen LogP contribution is 2.19. The first-order valence-electron chi connectivity index (χ1n) is 6.74. The maximum Gasteiger partial charge on any atom is 0.258 e. The molecule has 2 aromatic rings. The van der Waals surface area contributed by atoms with Crippen molar-refractivity contribution in [3.8, 4) is 5.75 Å². The standard InChI is InChI=1S/C16H14F3NO3/c17-10-4-6-11(7-5-10)23-9-15(22)20-8-14(21)16-12(18)2-1-3-13(16)19/h1-7,14,21H,8-9H2,(H,20,22). The molecule has 0 heterocycles. The molecular formula is C16H14F3NO3. The van der Waals surface area contributed by atoms with E-state index in [9.17, 15) is 23.1 Å². The van der Waals surface area contributed by atoms with E-state index in [1.165, 1.54) is 30.3 Å². The van der Waals surface area contributed by atoms with Crippen LogP contribution in [0.25, 0.3) is 0 Å². The Morgan fingerprint density at radius 1 is 1.09 bits per heavy atom. The Morgan fingerprint density at radius 2 is 1.70 bits per heavy atom. The Balaban J connectivity index is 1.83. The predicted molar refractivity (Wildman–Crippen MR) is 76.2 cm³/mol. The lowest BCUT2D eigenvalue weighted by atomic mass is 10.1. The van der Waals surface area contributed by atoms with Gasteiger partial charge < -0.3 is 15.2 Å². The molecule has 0 aliphatic rings. The summed E-state index contributed by atoms with van der Waals surface area (Å²) < 4.78 is 44.7. The Hall–Kier alpha value is -2.54. The average Bonchev–Trinajstić information content (AvgIpc) is 2.52. The number of halogens is 3. The number of amides is 1. The number of carbonyl (C=O) groups is 1. The van der Waals surface area contributed by atoms with Crippen molar-refractivity contribution < 1.29 is 27.8 Å². The fourth-order valence-corrected chi connectivity index (χ4v) is 1.87. The van der Waals surface area contributed by atoms with Crippen molar-refractivity contribution in [2.75, 3.05) is 13.2 Å². The molecule has 2 rings (SSSR count). The number of nitrogens with one attached hydrogen (secondary N) is 1. The van der Waals surface area contributed by atoms with Crippen LogP contribution in [0.4, 0.5) is 13.2 Å². The molecule has 1 atom stereocenters. The summed E-state index contributed by atoms with van der Waals surface area (Å²) in [7, 11) is 0. The van der Waals surface area contributed by atoms with Gasteiger partial charge in [0.25, 0.3) is 5.91 Å². The zero-order valence-corrected chi connectivity index (χ0v) is 11.9. The Morgan fingerprint density at radius 3 is 2.30 bits per heavy atom. The van der Waals surface area contributed by atoms with Gasteiger partial charge in [0.2, 0.25) is 0 Å². The molecule has 0 aliphatic heterocycles. The third-order valence-electron chi connectivity index (χ3n) is 3.01. The molecule has 0 fully saturated rings. The summed E-state index contributed by atoms with van der Waals surface area (Å²) in [6, 6.07) is 8.27. The zero-order chi connectivity index (χ0) is 16.8. The Bertz CT molecular complexity index is 657. The summed E-state index contributed by atoms with van der Waals surface area (Å²) >= 11 is 0. The second-order valence-corrected chi connectivity index (χ2v) is 4.70. The number of ether oxygens (including phenoxy) is 1. The number of rotatable bonds is 6. The summed E-state index contributed by atoms with van der Waals surface area (Å²) in [6.07, 6.45) is -1.52. The molecule has 2 N–H and O–H groups in total. The van der Waals surface area contributed by atoms with E-state index in [4.69, 9.17) is 4.74 Å². The topological polar surface area (TPSA) is 58.6 Å². The van der Waals surface area contributed by atoms with Crippen molar-refractivity contribution in [2.45, 2.75) is 6.10 Å². The molecule has 1 unspecified atom stereocenters. The summed E-state index contributed by atoms with van der Waals surface area (Å²) in [5.74, 6) is -2.52. The van der Waals surface area contributed by atoms with Gasteiger partial charge in [0.15, 0.2) is 6.61 Å². The summed E-state index contributed by atoms with van der Waals surface area (Å²) in [4.78, 5) is 11.6. The van der Waals surface area contributed by atoms with Crippen LogP contribution in [0.5, 0.6) is 5.75 Å². The summed E-state index contributed by atoms with van der Waals surface area (Å²) in [5.41, 5.74) is -0.507. The molecule has 0 aromatic heterocycles. The molecule has 4 nitrogen and oxygen atoms in total. The van der Waals surface area contributed by atoms with E-state index in [0.29, 0.717) is 5.75 Å². The number of aliphatic hydroxyl groups is 1. The summed E-state index contributed by atoms with van der Waals surface area (Å²) in [6.45, 7) is -0.748. The smallest absolute Gasteiger partial charge is 0.258 e. The molecule has 1 amide bonds. The first kappa shape index (κ1) is 16.8. The van der Waals surface area contributed by atoms with Gasteiger partial charge in [-0.15, -0.1) is 0 Å². The number of carbonyl (C=O) groups excluding carboxylic acids is 1. The molecule has 0 aliphatic carbocycles. The van der Waals surface area contributed by atoms with Gasteiger partial charge in [0.1, 0.15) is 29.3 Å². The summed E-state index contributed by atoms with van der Waals surface area (Å²) in [5, 5.41) is 12.1. The van der Waals surface area contributed by atoms with E-state index in [1.807, 2.05) is 0 Å². The molecule has 23 heavy (non-hydrogen) atoms. The zero-order valence-electron chi connectivity index (χ0n) is 11.9. The van der Waals surface area contributed by atoms with Gasteiger partial charge in [-0.25, -0.2) is 13.2 Å². The molecule has 7 heteroatoms. The fourth-order valence-electron chi connectivity index (χ4n) is 1.87. The SMILES string of the molecule is O=C(COc1ccc(F)cc1)NCC(O)c1c(F)cccc1F. The predicted octanol–water partition coefficient (Wildman–Crippen LogP) is 2.33. The van der Waals surface area contributed by atoms with Crippen LogP contribution in [0, 0.1) is 17.5 Å². The minimum absolute atomic E-state index is 0.294. The third kappa shape index (κ3) is 4.72. The number of benzene rings is 2. The monoisotopic (exact) mass is 325 g/mol. The van der Waals surface area contributed by atoms with Crippen molar-refractivity contribution in [2.24, 2.45) is 0 Å². The van der Waals surface area contributed by atoms with Crippen LogP contribution in [0.1, 0.15) is 11.7 Å². The molecule has 0 saturated heterocycles.